The Hall–Kier alpha value is -1.64. The summed E-state index contributed by atoms with van der Waals surface area (Å²) in [6.45, 7) is 0. The number of aromatic amines is 1. The van der Waals surface area contributed by atoms with Gasteiger partial charge in [0.05, 0.1) is 19.7 Å². The molecule has 0 saturated carbocycles. The van der Waals surface area contributed by atoms with Gasteiger partial charge < -0.3 is 14.5 Å². The molecule has 0 radical (unpaired) electrons. The quantitative estimate of drug-likeness (QED) is 0.862. The van der Waals surface area contributed by atoms with Crippen molar-refractivity contribution in [3.63, 3.8) is 0 Å². The molecule has 1 N–H and O–H groups in total. The highest BCUT2D eigenvalue weighted by Gasteiger charge is 2.23. The van der Waals surface area contributed by atoms with Crippen LogP contribution < -0.4 is 9.47 Å². The molecule has 0 saturated heterocycles. The first kappa shape index (κ1) is 10.5. The van der Waals surface area contributed by atoms with Gasteiger partial charge >= 0.3 is 0 Å². The third kappa shape index (κ3) is 1.42. The van der Waals surface area contributed by atoms with Gasteiger partial charge in [-0.15, -0.1) is 0 Å². The molecule has 0 bridgehead atoms. The molecule has 1 aliphatic rings. The Morgan fingerprint density at radius 1 is 1.00 bits per heavy atom. The van der Waals surface area contributed by atoms with Crippen molar-refractivity contribution in [2.24, 2.45) is 0 Å². The van der Waals surface area contributed by atoms with Crippen molar-refractivity contribution in [3.8, 4) is 11.5 Å². The smallest absolute Gasteiger partial charge is 0.146 e. The second-order valence-electron chi connectivity index (χ2n) is 4.50. The molecule has 0 unspecified atom stereocenters. The van der Waals surface area contributed by atoms with Crippen molar-refractivity contribution >= 4 is 10.9 Å². The second kappa shape index (κ2) is 3.99. The molecule has 0 amide bonds. The maximum atomic E-state index is 5.61. The predicted molar refractivity (Wildman–Crippen MR) is 68.0 cm³/mol. The van der Waals surface area contributed by atoms with E-state index in [9.17, 15) is 0 Å². The van der Waals surface area contributed by atoms with Gasteiger partial charge in [0, 0.05) is 22.7 Å². The molecular weight excluding hydrogens is 214 g/mol. The van der Waals surface area contributed by atoms with Crippen molar-refractivity contribution in [3.05, 3.63) is 23.4 Å². The molecule has 90 valence electrons. The molecule has 17 heavy (non-hydrogen) atoms. The van der Waals surface area contributed by atoms with Crippen LogP contribution in [0.2, 0.25) is 0 Å². The standard InChI is InChI=1S/C14H17NO2/c1-16-13-9-5-3-4-6-10(9)14(17-2)12-11(13)7-8-15-12/h7-8,15H,3-6H2,1-2H3. The van der Waals surface area contributed by atoms with Gasteiger partial charge in [-0.3, -0.25) is 0 Å². The fraction of sp³-hybridized carbons (Fsp3) is 0.429. The number of methoxy groups -OCH3 is 2. The second-order valence-corrected chi connectivity index (χ2v) is 4.50. The monoisotopic (exact) mass is 231 g/mol. The molecule has 1 aromatic heterocycles. The molecular formula is C14H17NO2. The average Bonchev–Trinajstić information content (AvgIpc) is 2.84. The van der Waals surface area contributed by atoms with Crippen molar-refractivity contribution in [2.45, 2.75) is 25.7 Å². The molecule has 1 aliphatic carbocycles. The summed E-state index contributed by atoms with van der Waals surface area (Å²) in [6, 6.07) is 2.06. The zero-order valence-corrected chi connectivity index (χ0v) is 10.3. The summed E-state index contributed by atoms with van der Waals surface area (Å²) in [5.74, 6) is 2.03. The fourth-order valence-corrected chi connectivity index (χ4v) is 2.92. The van der Waals surface area contributed by atoms with Crippen LogP contribution in [-0.2, 0) is 12.8 Å². The van der Waals surface area contributed by atoms with Crippen LogP contribution >= 0.6 is 0 Å². The number of fused-ring (bicyclic) bond motifs is 2. The molecule has 1 aromatic carbocycles. The maximum absolute atomic E-state index is 5.61. The normalized spacial score (nSPS) is 14.7. The Bertz CT molecular complexity index is 509. The molecule has 0 spiro atoms. The Labute approximate surface area is 101 Å². The lowest BCUT2D eigenvalue weighted by atomic mass is 9.89. The highest BCUT2D eigenvalue weighted by Crippen LogP contribution is 2.43. The Balaban J connectivity index is 2.40. The lowest BCUT2D eigenvalue weighted by Crippen LogP contribution is -2.07. The molecule has 0 atom stereocenters. The molecule has 3 rings (SSSR count). The highest BCUT2D eigenvalue weighted by atomic mass is 16.5. The highest BCUT2D eigenvalue weighted by molar-refractivity contribution is 5.94. The third-order valence-corrected chi connectivity index (χ3v) is 3.64. The summed E-state index contributed by atoms with van der Waals surface area (Å²) < 4.78 is 11.2. The Morgan fingerprint density at radius 3 is 2.29 bits per heavy atom. The number of hydrogen-bond acceptors (Lipinski definition) is 2. The minimum absolute atomic E-state index is 1.00. The first-order valence-corrected chi connectivity index (χ1v) is 6.09. The lowest BCUT2D eigenvalue weighted by molar-refractivity contribution is 0.396. The molecule has 0 aliphatic heterocycles. The molecule has 1 heterocycles. The van der Waals surface area contributed by atoms with Crippen LogP contribution in [0.25, 0.3) is 10.9 Å². The molecule has 0 fully saturated rings. The van der Waals surface area contributed by atoms with Gasteiger partial charge in [0.25, 0.3) is 0 Å². The van der Waals surface area contributed by atoms with Gasteiger partial charge in [-0.25, -0.2) is 0 Å². The van der Waals surface area contributed by atoms with E-state index in [0.717, 1.165) is 35.2 Å². The Morgan fingerprint density at radius 2 is 1.65 bits per heavy atom. The fourth-order valence-electron chi connectivity index (χ4n) is 2.92. The number of hydrogen-bond donors (Lipinski definition) is 1. The molecule has 2 aromatic rings. The van der Waals surface area contributed by atoms with E-state index in [4.69, 9.17) is 9.47 Å². The first-order chi connectivity index (χ1) is 8.36. The van der Waals surface area contributed by atoms with E-state index in [1.165, 1.54) is 24.0 Å². The number of benzene rings is 1. The third-order valence-electron chi connectivity index (χ3n) is 3.64. The van der Waals surface area contributed by atoms with Gasteiger partial charge in [0.15, 0.2) is 0 Å². The number of H-pyrrole nitrogens is 1. The summed E-state index contributed by atoms with van der Waals surface area (Å²) in [4.78, 5) is 3.26. The first-order valence-electron chi connectivity index (χ1n) is 6.09. The van der Waals surface area contributed by atoms with E-state index in [-0.39, 0.29) is 0 Å². The summed E-state index contributed by atoms with van der Waals surface area (Å²) in [5, 5.41) is 1.13. The summed E-state index contributed by atoms with van der Waals surface area (Å²) >= 11 is 0. The number of rotatable bonds is 2. The zero-order chi connectivity index (χ0) is 11.8. The van der Waals surface area contributed by atoms with E-state index >= 15 is 0 Å². The van der Waals surface area contributed by atoms with Gasteiger partial charge in [0.1, 0.15) is 11.5 Å². The van der Waals surface area contributed by atoms with Crippen LogP contribution in [0.4, 0.5) is 0 Å². The van der Waals surface area contributed by atoms with Crippen molar-refractivity contribution in [2.75, 3.05) is 14.2 Å². The van der Waals surface area contributed by atoms with Crippen molar-refractivity contribution in [1.29, 1.82) is 0 Å². The maximum Gasteiger partial charge on any atom is 0.146 e. The number of nitrogens with one attached hydrogen (secondary N) is 1. The van der Waals surface area contributed by atoms with E-state index in [1.54, 1.807) is 14.2 Å². The zero-order valence-electron chi connectivity index (χ0n) is 10.3. The summed E-state index contributed by atoms with van der Waals surface area (Å²) in [7, 11) is 3.50. The minimum atomic E-state index is 1.00. The van der Waals surface area contributed by atoms with Gasteiger partial charge in [-0.1, -0.05) is 0 Å². The van der Waals surface area contributed by atoms with Crippen LogP contribution in [0.1, 0.15) is 24.0 Å². The lowest BCUT2D eigenvalue weighted by Gasteiger charge is -2.22. The van der Waals surface area contributed by atoms with Gasteiger partial charge in [0.2, 0.25) is 0 Å². The van der Waals surface area contributed by atoms with Crippen molar-refractivity contribution < 1.29 is 9.47 Å². The van der Waals surface area contributed by atoms with Crippen molar-refractivity contribution in [1.82, 2.24) is 4.98 Å². The van der Waals surface area contributed by atoms with E-state index < -0.39 is 0 Å². The Kier molecular flexibility index (Phi) is 2.46. The summed E-state index contributed by atoms with van der Waals surface area (Å²) in [5.41, 5.74) is 3.72. The molecule has 3 heteroatoms. The summed E-state index contributed by atoms with van der Waals surface area (Å²) in [6.07, 6.45) is 6.60. The van der Waals surface area contributed by atoms with Crippen LogP contribution in [0.15, 0.2) is 12.3 Å². The predicted octanol–water partition coefficient (Wildman–Crippen LogP) is 3.06. The topological polar surface area (TPSA) is 34.2 Å². The van der Waals surface area contributed by atoms with Crippen LogP contribution in [-0.4, -0.2) is 19.2 Å². The average molecular weight is 231 g/mol. The van der Waals surface area contributed by atoms with Crippen LogP contribution in [0.3, 0.4) is 0 Å². The largest absolute Gasteiger partial charge is 0.496 e. The van der Waals surface area contributed by atoms with Crippen LogP contribution in [0.5, 0.6) is 11.5 Å². The minimum Gasteiger partial charge on any atom is -0.496 e. The van der Waals surface area contributed by atoms with E-state index in [0.29, 0.717) is 0 Å². The number of aromatic nitrogens is 1. The number of ether oxygens (including phenoxy) is 2. The molecule has 3 nitrogen and oxygen atoms in total. The van der Waals surface area contributed by atoms with Gasteiger partial charge in [-0.2, -0.15) is 0 Å². The SMILES string of the molecule is COc1c2c(c(OC)c3[nH]ccc13)CCCC2. The van der Waals surface area contributed by atoms with Gasteiger partial charge in [-0.05, 0) is 31.7 Å². The van der Waals surface area contributed by atoms with Crippen LogP contribution in [0, 0.1) is 0 Å². The van der Waals surface area contributed by atoms with E-state index in [2.05, 4.69) is 11.1 Å². The van der Waals surface area contributed by atoms with E-state index in [1.807, 2.05) is 6.20 Å².